The van der Waals surface area contributed by atoms with Gasteiger partial charge in [-0.25, -0.2) is 0 Å². The number of nitro groups is 1. The molecular weight excluding hydrogens is 215 g/mol. The average Bonchev–Trinajstić information content (AvgIpc) is 2.06. The van der Waals surface area contributed by atoms with Crippen molar-refractivity contribution in [2.45, 2.75) is 13.1 Å². The molecule has 0 saturated heterocycles. The van der Waals surface area contributed by atoms with Crippen LogP contribution < -0.4 is 0 Å². The van der Waals surface area contributed by atoms with Gasteiger partial charge in [0.25, 0.3) is 5.69 Å². The van der Waals surface area contributed by atoms with Gasteiger partial charge in [0, 0.05) is 11.6 Å². The van der Waals surface area contributed by atoms with Crippen molar-refractivity contribution in [3.8, 4) is 5.75 Å². The first-order valence-electron chi connectivity index (χ1n) is 3.79. The minimum absolute atomic E-state index is 0.545. The Morgan fingerprint density at radius 2 is 1.93 bits per heavy atom. The summed E-state index contributed by atoms with van der Waals surface area (Å²) >= 11 is 0. The van der Waals surface area contributed by atoms with Crippen LogP contribution in [0.2, 0.25) is 0 Å². The third-order valence-corrected chi connectivity index (χ3v) is 1.89. The second-order valence-corrected chi connectivity index (χ2v) is 2.86. The molecule has 1 rings (SSSR count). The summed E-state index contributed by atoms with van der Waals surface area (Å²) in [6, 6.07) is 1.49. The summed E-state index contributed by atoms with van der Waals surface area (Å²) in [7, 11) is 0. The average molecular weight is 221 g/mol. The molecule has 0 heterocycles. The van der Waals surface area contributed by atoms with Gasteiger partial charge in [-0.05, 0) is 13.0 Å². The smallest absolute Gasteiger partial charge is 0.423 e. The molecule has 82 valence electrons. The van der Waals surface area contributed by atoms with Crippen LogP contribution in [-0.4, -0.2) is 10.0 Å². The minimum Gasteiger partial charge on any atom is -0.508 e. The molecule has 0 aliphatic heterocycles. The number of alkyl halides is 3. The van der Waals surface area contributed by atoms with E-state index in [1.54, 1.807) is 0 Å². The van der Waals surface area contributed by atoms with Crippen molar-refractivity contribution in [2.75, 3.05) is 0 Å². The fraction of sp³-hybridized carbons (Fsp3) is 0.250. The summed E-state index contributed by atoms with van der Waals surface area (Å²) in [6.45, 7) is 0.977. The van der Waals surface area contributed by atoms with E-state index in [1.165, 1.54) is 0 Å². The van der Waals surface area contributed by atoms with Crippen molar-refractivity contribution < 1.29 is 23.2 Å². The molecular formula is C8H6F3NO3. The van der Waals surface area contributed by atoms with E-state index in [4.69, 9.17) is 5.11 Å². The van der Waals surface area contributed by atoms with E-state index in [2.05, 4.69) is 0 Å². The van der Waals surface area contributed by atoms with E-state index in [0.717, 1.165) is 13.0 Å². The number of aromatic hydroxyl groups is 1. The van der Waals surface area contributed by atoms with Crippen LogP contribution in [0.4, 0.5) is 18.9 Å². The van der Waals surface area contributed by atoms with Crippen molar-refractivity contribution in [1.29, 1.82) is 0 Å². The normalized spacial score (nSPS) is 11.5. The SMILES string of the molecule is Cc1c(O)ccc([N+](=O)[O-])c1C(F)(F)F. The first kappa shape index (κ1) is 11.3. The number of hydrogen-bond donors (Lipinski definition) is 1. The Hall–Kier alpha value is -1.79. The molecule has 1 aromatic carbocycles. The Bertz CT molecular complexity index is 414. The van der Waals surface area contributed by atoms with Crippen LogP contribution >= 0.6 is 0 Å². The molecule has 7 heteroatoms. The molecule has 0 amide bonds. The molecule has 0 aliphatic rings. The zero-order chi connectivity index (χ0) is 11.8. The third kappa shape index (κ3) is 2.00. The van der Waals surface area contributed by atoms with Crippen molar-refractivity contribution in [1.82, 2.24) is 0 Å². The number of benzene rings is 1. The highest BCUT2D eigenvalue weighted by Crippen LogP contribution is 2.41. The summed E-state index contributed by atoms with van der Waals surface area (Å²) < 4.78 is 37.3. The third-order valence-electron chi connectivity index (χ3n) is 1.89. The first-order valence-corrected chi connectivity index (χ1v) is 3.79. The Balaban J connectivity index is 3.57. The lowest BCUT2D eigenvalue weighted by Gasteiger charge is -2.11. The zero-order valence-electron chi connectivity index (χ0n) is 7.50. The summed E-state index contributed by atoms with van der Waals surface area (Å²) in [4.78, 5) is 9.23. The van der Waals surface area contributed by atoms with Crippen molar-refractivity contribution in [3.63, 3.8) is 0 Å². The van der Waals surface area contributed by atoms with Gasteiger partial charge in [0.15, 0.2) is 0 Å². The van der Waals surface area contributed by atoms with Crippen LogP contribution in [0.5, 0.6) is 5.75 Å². The van der Waals surface area contributed by atoms with Gasteiger partial charge < -0.3 is 5.11 Å². The van der Waals surface area contributed by atoms with E-state index in [9.17, 15) is 23.3 Å². The molecule has 0 atom stereocenters. The maximum atomic E-state index is 12.4. The van der Waals surface area contributed by atoms with E-state index in [0.29, 0.717) is 6.07 Å². The van der Waals surface area contributed by atoms with Gasteiger partial charge in [0.1, 0.15) is 11.3 Å². The largest absolute Gasteiger partial charge is 0.508 e. The highest BCUT2D eigenvalue weighted by Gasteiger charge is 2.40. The lowest BCUT2D eigenvalue weighted by molar-refractivity contribution is -0.388. The number of halogens is 3. The molecule has 0 aromatic heterocycles. The maximum Gasteiger partial charge on any atom is 0.423 e. The predicted octanol–water partition coefficient (Wildman–Crippen LogP) is 2.63. The summed E-state index contributed by atoms with van der Waals surface area (Å²) in [5.74, 6) is -0.618. The van der Waals surface area contributed by atoms with Gasteiger partial charge in [-0.15, -0.1) is 0 Å². The maximum absolute atomic E-state index is 12.4. The Morgan fingerprint density at radius 3 is 2.33 bits per heavy atom. The number of hydrogen-bond acceptors (Lipinski definition) is 3. The molecule has 1 N–H and O–H groups in total. The Labute approximate surface area is 82.1 Å². The predicted molar refractivity (Wildman–Crippen MR) is 44.5 cm³/mol. The van der Waals surface area contributed by atoms with Gasteiger partial charge in [-0.2, -0.15) is 13.2 Å². The molecule has 4 nitrogen and oxygen atoms in total. The summed E-state index contributed by atoms with van der Waals surface area (Å²) in [5.41, 5.74) is -3.01. The molecule has 0 aliphatic carbocycles. The fourth-order valence-electron chi connectivity index (χ4n) is 1.20. The zero-order valence-corrected chi connectivity index (χ0v) is 7.50. The number of rotatable bonds is 1. The second-order valence-electron chi connectivity index (χ2n) is 2.86. The second kappa shape index (κ2) is 3.41. The number of nitro benzene ring substituents is 1. The summed E-state index contributed by atoms with van der Waals surface area (Å²) in [6.07, 6.45) is -4.86. The molecule has 0 radical (unpaired) electrons. The van der Waals surface area contributed by atoms with Crippen LogP contribution in [0.25, 0.3) is 0 Å². The number of phenols is 1. The lowest BCUT2D eigenvalue weighted by atomic mass is 10.1. The topological polar surface area (TPSA) is 63.4 Å². The number of nitrogens with zero attached hydrogens (tertiary/aromatic N) is 1. The monoisotopic (exact) mass is 221 g/mol. The van der Waals surface area contributed by atoms with E-state index in [-0.39, 0.29) is 0 Å². The van der Waals surface area contributed by atoms with Crippen LogP contribution in [0, 0.1) is 17.0 Å². The van der Waals surface area contributed by atoms with Gasteiger partial charge in [-0.1, -0.05) is 0 Å². The lowest BCUT2D eigenvalue weighted by Crippen LogP contribution is -2.11. The van der Waals surface area contributed by atoms with E-state index < -0.39 is 33.7 Å². The van der Waals surface area contributed by atoms with E-state index >= 15 is 0 Å². The number of phenolic OH excluding ortho intramolecular Hbond substituents is 1. The minimum atomic E-state index is -4.86. The molecule has 1 aromatic rings. The van der Waals surface area contributed by atoms with Gasteiger partial charge in [0.2, 0.25) is 0 Å². The van der Waals surface area contributed by atoms with Crippen LogP contribution in [-0.2, 0) is 6.18 Å². The van der Waals surface area contributed by atoms with Crippen molar-refractivity contribution in [3.05, 3.63) is 33.4 Å². The van der Waals surface area contributed by atoms with Crippen molar-refractivity contribution in [2.24, 2.45) is 0 Å². The Kier molecular flexibility index (Phi) is 2.57. The van der Waals surface area contributed by atoms with Crippen LogP contribution in [0.1, 0.15) is 11.1 Å². The van der Waals surface area contributed by atoms with Gasteiger partial charge in [0.05, 0.1) is 4.92 Å². The first-order chi connectivity index (χ1) is 6.75. The quantitative estimate of drug-likeness (QED) is 0.585. The van der Waals surface area contributed by atoms with Gasteiger partial charge >= 0.3 is 6.18 Å². The van der Waals surface area contributed by atoms with Crippen LogP contribution in [0.3, 0.4) is 0 Å². The molecule has 0 fully saturated rings. The molecule has 0 saturated carbocycles. The highest BCUT2D eigenvalue weighted by molar-refractivity contribution is 5.52. The highest BCUT2D eigenvalue weighted by atomic mass is 19.4. The Morgan fingerprint density at radius 1 is 1.40 bits per heavy atom. The standard InChI is InChI=1S/C8H6F3NO3/c1-4-6(13)3-2-5(12(14)15)7(4)8(9,10)11/h2-3,13H,1H3. The molecule has 0 bridgehead atoms. The fourth-order valence-corrected chi connectivity index (χ4v) is 1.20. The van der Waals surface area contributed by atoms with Gasteiger partial charge in [-0.3, -0.25) is 10.1 Å². The molecule has 0 spiro atoms. The molecule has 0 unspecified atom stereocenters. The van der Waals surface area contributed by atoms with Crippen molar-refractivity contribution >= 4 is 5.69 Å². The van der Waals surface area contributed by atoms with Crippen LogP contribution in [0.15, 0.2) is 12.1 Å². The summed E-state index contributed by atoms with van der Waals surface area (Å²) in [5, 5.41) is 19.4. The van der Waals surface area contributed by atoms with E-state index in [1.807, 2.05) is 0 Å². The molecule has 15 heavy (non-hydrogen) atoms.